The number of amides is 3. The molecular weight excluding hydrogens is 264 g/mol. The number of nitrogens with zero attached hydrogens (tertiary/aromatic N) is 1. The minimum absolute atomic E-state index is 0.130. The van der Waals surface area contributed by atoms with Crippen LogP contribution in [0.2, 0.25) is 0 Å². The zero-order chi connectivity index (χ0) is 14.0. The summed E-state index contributed by atoms with van der Waals surface area (Å²) in [4.78, 5) is 24.2. The van der Waals surface area contributed by atoms with Crippen molar-refractivity contribution in [2.75, 3.05) is 0 Å². The first-order valence-corrected chi connectivity index (χ1v) is 6.30. The lowest BCUT2D eigenvalue weighted by atomic mass is 10.0. The van der Waals surface area contributed by atoms with Crippen molar-refractivity contribution >= 4 is 23.9 Å². The molecule has 5 nitrogen and oxygen atoms in total. The summed E-state index contributed by atoms with van der Waals surface area (Å²) in [7, 11) is 0. The molecule has 1 heterocycles. The van der Waals surface area contributed by atoms with E-state index < -0.39 is 11.3 Å². The summed E-state index contributed by atoms with van der Waals surface area (Å²) in [5.41, 5.74) is 1.35. The Morgan fingerprint density at radius 2 is 2.26 bits per heavy atom. The van der Waals surface area contributed by atoms with Crippen molar-refractivity contribution in [3.05, 3.63) is 41.6 Å². The predicted octanol–water partition coefficient (Wildman–Crippen LogP) is 2.80. The van der Waals surface area contributed by atoms with E-state index in [2.05, 4.69) is 17.9 Å². The first kappa shape index (κ1) is 13.5. The number of allylic oxidation sites excluding steroid dienone is 1. The Bertz CT molecular complexity index is 557. The van der Waals surface area contributed by atoms with Crippen molar-refractivity contribution in [2.45, 2.75) is 19.4 Å². The number of aromatic hydroxyl groups is 1. The van der Waals surface area contributed by atoms with Gasteiger partial charge in [-0.15, -0.1) is 0 Å². The second kappa shape index (κ2) is 5.36. The molecule has 0 aliphatic carbocycles. The van der Waals surface area contributed by atoms with Crippen LogP contribution < -0.4 is 5.32 Å². The van der Waals surface area contributed by atoms with Gasteiger partial charge in [-0.05, 0) is 30.2 Å². The lowest BCUT2D eigenvalue weighted by molar-refractivity contribution is 0.203. The topological polar surface area (TPSA) is 69.6 Å². The van der Waals surface area contributed by atoms with Crippen LogP contribution in [-0.2, 0) is 0 Å². The first-order chi connectivity index (χ1) is 9.02. The Balaban J connectivity index is 2.38. The zero-order valence-corrected chi connectivity index (χ0v) is 11.2. The van der Waals surface area contributed by atoms with E-state index in [-0.39, 0.29) is 11.8 Å². The number of phenols is 1. The van der Waals surface area contributed by atoms with Crippen LogP contribution in [-0.4, -0.2) is 21.3 Å². The number of benzene rings is 1. The number of phenolic OH excluding ortho intramolecular Hbond substituents is 1. The van der Waals surface area contributed by atoms with Crippen molar-refractivity contribution in [1.82, 2.24) is 10.2 Å². The lowest BCUT2D eigenvalue weighted by Crippen LogP contribution is -2.45. The number of imide groups is 1. The highest BCUT2D eigenvalue weighted by molar-refractivity contribution is 7.96. The molecular formula is C13H14N2O3S. The molecule has 0 aromatic heterocycles. The molecule has 100 valence electrons. The molecule has 1 aromatic carbocycles. The molecule has 1 aliphatic rings. The molecule has 3 amide bonds. The number of hydrogen-bond donors (Lipinski definition) is 3. The summed E-state index contributed by atoms with van der Waals surface area (Å²) in [6.45, 7) is 1.85. The summed E-state index contributed by atoms with van der Waals surface area (Å²) in [5, 5.41) is 11.5. The molecule has 2 rings (SSSR count). The number of nitrogens with one attached hydrogen (secondary N) is 1. The van der Waals surface area contributed by atoms with Gasteiger partial charge >= 0.3 is 6.03 Å². The second-order valence-electron chi connectivity index (χ2n) is 4.15. The van der Waals surface area contributed by atoms with E-state index in [9.17, 15) is 14.7 Å². The van der Waals surface area contributed by atoms with Gasteiger partial charge in [-0.2, -0.15) is 0 Å². The van der Waals surface area contributed by atoms with Gasteiger partial charge in [0, 0.05) is 5.70 Å². The van der Waals surface area contributed by atoms with Crippen LogP contribution in [0.3, 0.4) is 0 Å². The fourth-order valence-electron chi connectivity index (χ4n) is 2.02. The number of carbonyl (C=O) groups is 2. The van der Waals surface area contributed by atoms with Gasteiger partial charge in [0.1, 0.15) is 5.75 Å². The predicted molar refractivity (Wildman–Crippen MR) is 74.0 cm³/mol. The van der Waals surface area contributed by atoms with Crippen LogP contribution >= 0.6 is 12.6 Å². The third kappa shape index (κ3) is 2.73. The number of carbonyl (C=O) groups excluding carboxylic acids is 2. The van der Waals surface area contributed by atoms with Crippen LogP contribution in [0.5, 0.6) is 5.75 Å². The van der Waals surface area contributed by atoms with E-state index in [1.54, 1.807) is 30.3 Å². The highest BCUT2D eigenvalue weighted by atomic mass is 32.1. The molecule has 2 N–H and O–H groups in total. The Labute approximate surface area is 116 Å². The van der Waals surface area contributed by atoms with E-state index in [1.807, 2.05) is 6.92 Å². The Morgan fingerprint density at radius 3 is 2.84 bits per heavy atom. The van der Waals surface area contributed by atoms with E-state index in [1.165, 1.54) is 0 Å². The van der Waals surface area contributed by atoms with Gasteiger partial charge < -0.3 is 10.4 Å². The molecule has 1 atom stereocenters. The highest BCUT2D eigenvalue weighted by Crippen LogP contribution is 2.27. The molecule has 1 aliphatic heterocycles. The summed E-state index contributed by atoms with van der Waals surface area (Å²) in [5.74, 6) is 0.130. The highest BCUT2D eigenvalue weighted by Gasteiger charge is 2.29. The van der Waals surface area contributed by atoms with E-state index >= 15 is 0 Å². The van der Waals surface area contributed by atoms with Gasteiger partial charge in [0.05, 0.1) is 6.04 Å². The molecule has 6 heteroatoms. The molecule has 1 aromatic rings. The van der Waals surface area contributed by atoms with E-state index in [0.29, 0.717) is 12.1 Å². The smallest absolute Gasteiger partial charge is 0.329 e. The standard InChI is InChI=1S/C13H14N2O3S/c1-2-9-7-11(8-4-3-5-10(16)6-8)14-12(17)15(9)13(18)19/h3-7,11,16H,2H2,1H3,(H,14,17)(H,18,19). The normalized spacial score (nSPS) is 18.8. The summed E-state index contributed by atoms with van der Waals surface area (Å²) in [6, 6.07) is 5.76. The molecule has 1 unspecified atom stereocenters. The summed E-state index contributed by atoms with van der Waals surface area (Å²) >= 11 is 3.69. The third-order valence-corrected chi connectivity index (χ3v) is 3.11. The SMILES string of the molecule is CCC1=CC(c2cccc(O)c2)NC(=O)N1C(=O)S. The molecule has 19 heavy (non-hydrogen) atoms. The van der Waals surface area contributed by atoms with Crippen LogP contribution in [0.4, 0.5) is 9.59 Å². The van der Waals surface area contributed by atoms with E-state index in [0.717, 1.165) is 10.5 Å². The van der Waals surface area contributed by atoms with Gasteiger partial charge in [-0.25, -0.2) is 9.69 Å². The monoisotopic (exact) mass is 278 g/mol. The molecule has 0 fully saturated rings. The second-order valence-corrected chi connectivity index (χ2v) is 4.53. The molecule has 0 saturated carbocycles. The molecule has 0 spiro atoms. The van der Waals surface area contributed by atoms with Crippen molar-refractivity contribution < 1.29 is 14.7 Å². The fourth-order valence-corrected chi connectivity index (χ4v) is 2.24. The minimum atomic E-state index is -0.611. The van der Waals surface area contributed by atoms with Gasteiger partial charge in [-0.1, -0.05) is 31.7 Å². The van der Waals surface area contributed by atoms with Crippen molar-refractivity contribution in [3.8, 4) is 5.75 Å². The van der Waals surface area contributed by atoms with Gasteiger partial charge in [0.25, 0.3) is 5.24 Å². The van der Waals surface area contributed by atoms with Crippen molar-refractivity contribution in [1.29, 1.82) is 0 Å². The maximum absolute atomic E-state index is 11.9. The first-order valence-electron chi connectivity index (χ1n) is 5.86. The largest absolute Gasteiger partial charge is 0.508 e. The third-order valence-electron chi connectivity index (χ3n) is 2.91. The van der Waals surface area contributed by atoms with Gasteiger partial charge in [0.15, 0.2) is 0 Å². The van der Waals surface area contributed by atoms with Crippen LogP contribution in [0.15, 0.2) is 36.0 Å². The average molecular weight is 278 g/mol. The van der Waals surface area contributed by atoms with Gasteiger partial charge in [0.2, 0.25) is 0 Å². The molecule has 0 radical (unpaired) electrons. The lowest BCUT2D eigenvalue weighted by Gasteiger charge is -2.30. The fraction of sp³-hybridized carbons (Fsp3) is 0.231. The maximum atomic E-state index is 11.9. The summed E-state index contributed by atoms with van der Waals surface area (Å²) < 4.78 is 0. The average Bonchev–Trinajstić information content (AvgIpc) is 2.37. The van der Waals surface area contributed by atoms with Crippen molar-refractivity contribution in [2.24, 2.45) is 0 Å². The van der Waals surface area contributed by atoms with Crippen LogP contribution in [0, 0.1) is 0 Å². The quantitative estimate of drug-likeness (QED) is 0.729. The number of thiol groups is 1. The summed E-state index contributed by atoms with van der Waals surface area (Å²) in [6.07, 6.45) is 2.32. The number of urea groups is 1. The van der Waals surface area contributed by atoms with Gasteiger partial charge in [-0.3, -0.25) is 4.79 Å². The molecule has 0 saturated heterocycles. The van der Waals surface area contributed by atoms with E-state index in [4.69, 9.17) is 0 Å². The Morgan fingerprint density at radius 1 is 1.53 bits per heavy atom. The zero-order valence-electron chi connectivity index (χ0n) is 10.3. The Kier molecular flexibility index (Phi) is 3.80. The Hall–Kier alpha value is -1.95. The van der Waals surface area contributed by atoms with Crippen molar-refractivity contribution in [3.63, 3.8) is 0 Å². The number of rotatable bonds is 2. The number of hydrogen-bond acceptors (Lipinski definition) is 3. The van der Waals surface area contributed by atoms with Crippen LogP contribution in [0.1, 0.15) is 24.9 Å². The molecule has 0 bridgehead atoms. The minimum Gasteiger partial charge on any atom is -0.508 e. The maximum Gasteiger partial charge on any atom is 0.329 e. The van der Waals surface area contributed by atoms with Crippen LogP contribution in [0.25, 0.3) is 0 Å².